The zero-order valence-corrected chi connectivity index (χ0v) is 12.1. The summed E-state index contributed by atoms with van der Waals surface area (Å²) in [7, 11) is -4.65. The number of sulfone groups is 1. The number of halogens is 1. The molecule has 1 atom stereocenters. The van der Waals surface area contributed by atoms with Crippen LogP contribution >= 0.6 is 11.6 Å². The summed E-state index contributed by atoms with van der Waals surface area (Å²) in [5.74, 6) is -0.767. The van der Waals surface area contributed by atoms with E-state index >= 15 is 0 Å². The fourth-order valence-electron chi connectivity index (χ4n) is 1.23. The molecule has 0 N–H and O–H groups in total. The van der Waals surface area contributed by atoms with E-state index < -0.39 is 20.6 Å². The second-order valence-electron chi connectivity index (χ2n) is 3.82. The zero-order chi connectivity index (χ0) is 13.8. The van der Waals surface area contributed by atoms with Crippen molar-refractivity contribution in [2.24, 2.45) is 0 Å². The minimum Gasteiger partial charge on any atom is -0.293 e. The Hall–Kier alpha value is -0.720. The largest absolute Gasteiger partial charge is 0.293 e. The number of rotatable bonds is 6. The first-order valence-electron chi connectivity index (χ1n) is 5.10. The summed E-state index contributed by atoms with van der Waals surface area (Å²) in [6.07, 6.45) is 1.07. The van der Waals surface area contributed by atoms with E-state index in [-0.39, 0.29) is 23.0 Å². The van der Waals surface area contributed by atoms with Crippen molar-refractivity contribution in [1.29, 1.82) is 0 Å². The van der Waals surface area contributed by atoms with Crippen LogP contribution in [0, 0.1) is 0 Å². The fraction of sp³-hybridized carbons (Fsp3) is 0.364. The second kappa shape index (κ2) is 6.45. The molecule has 7 heteroatoms. The Labute approximate surface area is 114 Å². The van der Waals surface area contributed by atoms with E-state index in [4.69, 9.17) is 11.6 Å². The average Bonchev–Trinajstić information content (AvgIpc) is 2.26. The summed E-state index contributed by atoms with van der Waals surface area (Å²) >= 11 is 5.84. The standard InChI is InChI=1S/C11H13ClO4S2/c1-18(15,16)7-6-17(14)8-11(13)9-4-2-3-5-10(9)12/h2-5H,6-8H2,1H3. The molecule has 100 valence electrons. The Balaban J connectivity index is 2.61. The van der Waals surface area contributed by atoms with Crippen LogP contribution in [0.25, 0.3) is 0 Å². The topological polar surface area (TPSA) is 68.3 Å². The molecule has 0 aliphatic rings. The molecule has 0 saturated heterocycles. The highest BCUT2D eigenvalue weighted by atomic mass is 35.5. The number of hydrogen-bond donors (Lipinski definition) is 0. The van der Waals surface area contributed by atoms with Crippen LogP contribution in [-0.4, -0.2) is 41.9 Å². The molecule has 0 amide bonds. The molecular formula is C11H13ClO4S2. The minimum atomic E-state index is -3.16. The molecule has 0 fully saturated rings. The SMILES string of the molecule is CS(=O)(=O)CCS(=O)CC(=O)c1ccccc1Cl. The maximum Gasteiger partial charge on any atom is 0.176 e. The monoisotopic (exact) mass is 308 g/mol. The highest BCUT2D eigenvalue weighted by molar-refractivity contribution is 7.92. The lowest BCUT2D eigenvalue weighted by molar-refractivity contribution is 0.102. The Morgan fingerprint density at radius 1 is 1.33 bits per heavy atom. The van der Waals surface area contributed by atoms with Crippen molar-refractivity contribution in [2.75, 3.05) is 23.5 Å². The Bertz CT molecular complexity index is 566. The fourth-order valence-corrected chi connectivity index (χ4v) is 4.02. The van der Waals surface area contributed by atoms with Gasteiger partial charge < -0.3 is 0 Å². The van der Waals surface area contributed by atoms with Gasteiger partial charge in [0.25, 0.3) is 0 Å². The molecule has 18 heavy (non-hydrogen) atoms. The van der Waals surface area contributed by atoms with Gasteiger partial charge in [-0.2, -0.15) is 0 Å². The molecule has 1 aromatic carbocycles. The number of Topliss-reactive ketones (excluding diaryl/α,β-unsaturated/α-hetero) is 1. The van der Waals surface area contributed by atoms with Crippen molar-refractivity contribution in [3.63, 3.8) is 0 Å². The highest BCUT2D eigenvalue weighted by Crippen LogP contribution is 2.15. The number of carbonyl (C=O) groups excluding carboxylic acids is 1. The molecule has 0 spiro atoms. The van der Waals surface area contributed by atoms with Crippen LogP contribution in [0.5, 0.6) is 0 Å². The maximum absolute atomic E-state index is 11.8. The molecule has 0 aromatic heterocycles. The van der Waals surface area contributed by atoms with Gasteiger partial charge in [0.05, 0.1) is 16.5 Å². The van der Waals surface area contributed by atoms with Gasteiger partial charge in [0, 0.05) is 28.4 Å². The van der Waals surface area contributed by atoms with Gasteiger partial charge in [0.2, 0.25) is 0 Å². The third-order valence-electron chi connectivity index (χ3n) is 2.15. The number of hydrogen-bond acceptors (Lipinski definition) is 4. The lowest BCUT2D eigenvalue weighted by atomic mass is 10.1. The molecule has 0 aliphatic carbocycles. The van der Waals surface area contributed by atoms with Gasteiger partial charge in [-0.3, -0.25) is 9.00 Å². The third-order valence-corrected chi connectivity index (χ3v) is 4.93. The van der Waals surface area contributed by atoms with Crippen LogP contribution in [0.4, 0.5) is 0 Å². The molecular weight excluding hydrogens is 296 g/mol. The van der Waals surface area contributed by atoms with E-state index in [1.807, 2.05) is 0 Å². The Morgan fingerprint density at radius 3 is 2.50 bits per heavy atom. The number of benzene rings is 1. The lowest BCUT2D eigenvalue weighted by Gasteiger charge is -2.03. The van der Waals surface area contributed by atoms with Crippen LogP contribution < -0.4 is 0 Å². The van der Waals surface area contributed by atoms with Gasteiger partial charge >= 0.3 is 0 Å². The first-order chi connectivity index (χ1) is 8.29. The molecule has 0 bridgehead atoms. The highest BCUT2D eigenvalue weighted by Gasteiger charge is 2.14. The summed E-state index contributed by atoms with van der Waals surface area (Å²) in [4.78, 5) is 11.8. The summed E-state index contributed by atoms with van der Waals surface area (Å²) in [6.45, 7) is 0. The molecule has 0 heterocycles. The Morgan fingerprint density at radius 2 is 1.94 bits per heavy atom. The van der Waals surface area contributed by atoms with Crippen molar-refractivity contribution >= 4 is 38.0 Å². The predicted octanol–water partition coefficient (Wildman–Crippen LogP) is 1.32. The van der Waals surface area contributed by atoms with Crippen molar-refractivity contribution in [3.8, 4) is 0 Å². The number of carbonyl (C=O) groups is 1. The van der Waals surface area contributed by atoms with Crippen LogP contribution in [0.2, 0.25) is 5.02 Å². The van der Waals surface area contributed by atoms with Crippen molar-refractivity contribution in [2.45, 2.75) is 0 Å². The van der Waals surface area contributed by atoms with Crippen molar-refractivity contribution < 1.29 is 17.4 Å². The summed E-state index contributed by atoms with van der Waals surface area (Å²) in [6, 6.07) is 6.49. The van der Waals surface area contributed by atoms with E-state index in [1.54, 1.807) is 24.3 Å². The van der Waals surface area contributed by atoms with E-state index in [1.165, 1.54) is 0 Å². The van der Waals surface area contributed by atoms with Crippen LogP contribution in [-0.2, 0) is 20.6 Å². The van der Waals surface area contributed by atoms with Crippen LogP contribution in [0.3, 0.4) is 0 Å². The Kier molecular flexibility index (Phi) is 5.49. The second-order valence-corrected chi connectivity index (χ2v) is 8.06. The molecule has 1 unspecified atom stereocenters. The van der Waals surface area contributed by atoms with E-state index in [0.29, 0.717) is 10.6 Å². The summed E-state index contributed by atoms with van der Waals surface area (Å²) < 4.78 is 33.4. The predicted molar refractivity (Wildman–Crippen MR) is 73.4 cm³/mol. The zero-order valence-electron chi connectivity index (χ0n) is 9.76. The van der Waals surface area contributed by atoms with Gasteiger partial charge in [-0.15, -0.1) is 0 Å². The van der Waals surface area contributed by atoms with Gasteiger partial charge in [-0.25, -0.2) is 8.42 Å². The van der Waals surface area contributed by atoms with Crippen LogP contribution in [0.15, 0.2) is 24.3 Å². The average molecular weight is 309 g/mol. The molecule has 1 rings (SSSR count). The molecule has 0 radical (unpaired) electrons. The smallest absolute Gasteiger partial charge is 0.176 e. The first kappa shape index (κ1) is 15.3. The normalized spacial score (nSPS) is 13.2. The third kappa shape index (κ3) is 5.29. The van der Waals surface area contributed by atoms with Crippen molar-refractivity contribution in [1.82, 2.24) is 0 Å². The van der Waals surface area contributed by atoms with Gasteiger partial charge in [0.15, 0.2) is 5.78 Å². The minimum absolute atomic E-state index is 0.0327. The van der Waals surface area contributed by atoms with E-state index in [0.717, 1.165) is 6.26 Å². The van der Waals surface area contributed by atoms with Gasteiger partial charge in [-0.1, -0.05) is 23.7 Å². The summed E-state index contributed by atoms with van der Waals surface area (Å²) in [5.41, 5.74) is 0.312. The molecule has 0 aliphatic heterocycles. The molecule has 1 aromatic rings. The van der Waals surface area contributed by atoms with Gasteiger partial charge in [0.1, 0.15) is 9.84 Å². The summed E-state index contributed by atoms with van der Waals surface area (Å²) in [5, 5.41) is 0.308. The maximum atomic E-state index is 11.8. The van der Waals surface area contributed by atoms with E-state index in [2.05, 4.69) is 0 Å². The quantitative estimate of drug-likeness (QED) is 0.743. The number of ketones is 1. The van der Waals surface area contributed by atoms with Crippen molar-refractivity contribution in [3.05, 3.63) is 34.9 Å². The first-order valence-corrected chi connectivity index (χ1v) is 9.02. The van der Waals surface area contributed by atoms with Gasteiger partial charge in [-0.05, 0) is 12.1 Å². The molecule has 0 saturated carbocycles. The van der Waals surface area contributed by atoms with Crippen LogP contribution in [0.1, 0.15) is 10.4 Å². The molecule has 4 nitrogen and oxygen atoms in total. The van der Waals surface area contributed by atoms with E-state index in [9.17, 15) is 17.4 Å². The lowest BCUT2D eigenvalue weighted by Crippen LogP contribution is -2.18.